The van der Waals surface area contributed by atoms with Crippen molar-refractivity contribution in [3.8, 4) is 0 Å². The zero-order valence-corrected chi connectivity index (χ0v) is 18.2. The van der Waals surface area contributed by atoms with Crippen LogP contribution in [0.4, 0.5) is 0 Å². The van der Waals surface area contributed by atoms with E-state index in [4.69, 9.17) is 23.2 Å². The SMILES string of the molecule is CN(C)C1(c2nnnn2C(c2ccc(Cl)cc2)c2ccccc2Cl)CCCCC1. The molecule has 1 heterocycles. The van der Waals surface area contributed by atoms with Gasteiger partial charge in [0.05, 0.1) is 5.54 Å². The lowest BCUT2D eigenvalue weighted by Crippen LogP contribution is -2.45. The highest BCUT2D eigenvalue weighted by molar-refractivity contribution is 6.31. The second-order valence-electron chi connectivity index (χ2n) is 7.91. The first-order valence-electron chi connectivity index (χ1n) is 9.98. The van der Waals surface area contributed by atoms with Crippen molar-refractivity contribution in [1.29, 1.82) is 0 Å². The van der Waals surface area contributed by atoms with Gasteiger partial charge in [-0.2, -0.15) is 0 Å². The minimum absolute atomic E-state index is 0.187. The Morgan fingerprint density at radius 3 is 2.31 bits per heavy atom. The molecule has 0 spiro atoms. The van der Waals surface area contributed by atoms with Gasteiger partial charge in [0.2, 0.25) is 0 Å². The second kappa shape index (κ2) is 8.42. The molecule has 1 aliphatic carbocycles. The molecule has 3 aromatic rings. The number of halogens is 2. The standard InChI is InChI=1S/C22H25Cl2N5/c1-28(2)22(14-6-3-7-15-22)21-25-26-27-29(21)20(16-10-12-17(23)13-11-16)18-8-4-5-9-19(18)24/h4-5,8-13,20H,3,6-7,14-15H2,1-2H3. The van der Waals surface area contributed by atoms with Gasteiger partial charge >= 0.3 is 0 Å². The molecule has 4 rings (SSSR count). The van der Waals surface area contributed by atoms with E-state index in [-0.39, 0.29) is 11.6 Å². The fraction of sp³-hybridized carbons (Fsp3) is 0.409. The predicted molar refractivity (Wildman–Crippen MR) is 116 cm³/mol. The summed E-state index contributed by atoms with van der Waals surface area (Å²) in [5.41, 5.74) is 1.82. The Morgan fingerprint density at radius 1 is 0.966 bits per heavy atom. The molecule has 0 radical (unpaired) electrons. The number of rotatable bonds is 5. The fourth-order valence-electron chi connectivity index (χ4n) is 4.48. The van der Waals surface area contributed by atoms with Crippen LogP contribution in [-0.4, -0.2) is 39.2 Å². The van der Waals surface area contributed by atoms with Crippen LogP contribution in [0.3, 0.4) is 0 Å². The van der Waals surface area contributed by atoms with Crippen LogP contribution in [0.2, 0.25) is 10.0 Å². The molecule has 7 heteroatoms. The minimum Gasteiger partial charge on any atom is -0.297 e. The van der Waals surface area contributed by atoms with E-state index in [1.165, 1.54) is 19.3 Å². The van der Waals surface area contributed by atoms with Gasteiger partial charge in [0, 0.05) is 10.0 Å². The molecule has 0 amide bonds. The smallest absolute Gasteiger partial charge is 0.172 e. The van der Waals surface area contributed by atoms with Crippen LogP contribution < -0.4 is 0 Å². The number of aromatic nitrogens is 4. The number of benzene rings is 2. The first-order chi connectivity index (χ1) is 14.0. The fourth-order valence-corrected chi connectivity index (χ4v) is 4.84. The van der Waals surface area contributed by atoms with Crippen LogP contribution in [0, 0.1) is 0 Å². The molecule has 1 saturated carbocycles. The van der Waals surface area contributed by atoms with Crippen molar-refractivity contribution >= 4 is 23.2 Å². The van der Waals surface area contributed by atoms with E-state index in [2.05, 4.69) is 34.5 Å². The average molecular weight is 430 g/mol. The van der Waals surface area contributed by atoms with Gasteiger partial charge in [-0.3, -0.25) is 4.90 Å². The molecule has 5 nitrogen and oxygen atoms in total. The van der Waals surface area contributed by atoms with E-state index in [1.807, 2.05) is 53.2 Å². The third-order valence-corrected chi connectivity index (χ3v) is 6.67. The Balaban J connectivity index is 1.90. The summed E-state index contributed by atoms with van der Waals surface area (Å²) in [6.07, 6.45) is 5.67. The van der Waals surface area contributed by atoms with Gasteiger partial charge in [0.1, 0.15) is 6.04 Å². The first-order valence-corrected chi connectivity index (χ1v) is 10.7. The molecule has 0 aliphatic heterocycles. The molecule has 2 aromatic carbocycles. The summed E-state index contributed by atoms with van der Waals surface area (Å²) in [5, 5.41) is 14.5. The number of nitrogens with zero attached hydrogens (tertiary/aromatic N) is 5. The lowest BCUT2D eigenvalue weighted by molar-refractivity contribution is 0.0830. The van der Waals surface area contributed by atoms with E-state index in [0.29, 0.717) is 10.0 Å². The first kappa shape index (κ1) is 20.3. The number of hydrogen-bond donors (Lipinski definition) is 0. The zero-order valence-electron chi connectivity index (χ0n) is 16.7. The Kier molecular flexibility index (Phi) is 5.91. The van der Waals surface area contributed by atoms with Gasteiger partial charge in [-0.05, 0) is 66.7 Å². The topological polar surface area (TPSA) is 46.8 Å². The molecule has 1 aromatic heterocycles. The summed E-state index contributed by atoms with van der Waals surface area (Å²) in [6, 6.07) is 15.5. The maximum atomic E-state index is 6.63. The summed E-state index contributed by atoms with van der Waals surface area (Å²) in [6.45, 7) is 0. The van der Waals surface area contributed by atoms with Crippen LogP contribution in [0.15, 0.2) is 48.5 Å². The van der Waals surface area contributed by atoms with Crippen molar-refractivity contribution in [2.45, 2.75) is 43.7 Å². The molecule has 152 valence electrons. The minimum atomic E-state index is -0.232. The van der Waals surface area contributed by atoms with Crippen LogP contribution in [0.5, 0.6) is 0 Å². The molecule has 29 heavy (non-hydrogen) atoms. The van der Waals surface area contributed by atoms with E-state index in [1.54, 1.807) is 0 Å². The van der Waals surface area contributed by atoms with E-state index < -0.39 is 0 Å². The zero-order chi connectivity index (χ0) is 20.4. The molecule has 1 atom stereocenters. The van der Waals surface area contributed by atoms with Crippen LogP contribution in [-0.2, 0) is 5.54 Å². The third kappa shape index (κ3) is 3.79. The van der Waals surface area contributed by atoms with Crippen LogP contribution in [0.1, 0.15) is 55.1 Å². The summed E-state index contributed by atoms with van der Waals surface area (Å²) in [7, 11) is 4.24. The van der Waals surface area contributed by atoms with Gasteiger partial charge in [0.15, 0.2) is 5.82 Å². The van der Waals surface area contributed by atoms with Crippen molar-refractivity contribution in [3.63, 3.8) is 0 Å². The van der Waals surface area contributed by atoms with Gasteiger partial charge in [-0.25, -0.2) is 4.68 Å². The highest BCUT2D eigenvalue weighted by Gasteiger charge is 2.42. The highest BCUT2D eigenvalue weighted by atomic mass is 35.5. The molecule has 1 fully saturated rings. The van der Waals surface area contributed by atoms with Crippen molar-refractivity contribution in [3.05, 3.63) is 75.5 Å². The maximum absolute atomic E-state index is 6.63. The van der Waals surface area contributed by atoms with Crippen molar-refractivity contribution < 1.29 is 0 Å². The molecule has 0 bridgehead atoms. The second-order valence-corrected chi connectivity index (χ2v) is 8.75. The summed E-state index contributed by atoms with van der Waals surface area (Å²) >= 11 is 12.8. The third-order valence-electron chi connectivity index (χ3n) is 6.08. The molecule has 1 aliphatic rings. The normalized spacial score (nSPS) is 17.4. The van der Waals surface area contributed by atoms with Gasteiger partial charge in [-0.15, -0.1) is 5.10 Å². The quantitative estimate of drug-likeness (QED) is 0.548. The van der Waals surface area contributed by atoms with Gasteiger partial charge < -0.3 is 0 Å². The van der Waals surface area contributed by atoms with Gasteiger partial charge in [0.25, 0.3) is 0 Å². The van der Waals surface area contributed by atoms with E-state index >= 15 is 0 Å². The Hall–Kier alpha value is -1.95. The molecule has 0 N–H and O–H groups in total. The highest BCUT2D eigenvalue weighted by Crippen LogP contribution is 2.42. The Labute approximate surface area is 181 Å². The summed E-state index contributed by atoms with van der Waals surface area (Å²) < 4.78 is 1.95. The van der Waals surface area contributed by atoms with Crippen LogP contribution in [0.25, 0.3) is 0 Å². The Bertz CT molecular complexity index is 961. The number of tetrazole rings is 1. The Morgan fingerprint density at radius 2 is 1.66 bits per heavy atom. The van der Waals surface area contributed by atoms with E-state index in [0.717, 1.165) is 29.8 Å². The van der Waals surface area contributed by atoms with E-state index in [9.17, 15) is 0 Å². The van der Waals surface area contributed by atoms with Crippen molar-refractivity contribution in [2.24, 2.45) is 0 Å². The number of hydrogen-bond acceptors (Lipinski definition) is 4. The van der Waals surface area contributed by atoms with Crippen molar-refractivity contribution in [2.75, 3.05) is 14.1 Å². The largest absolute Gasteiger partial charge is 0.297 e. The molecule has 0 saturated heterocycles. The van der Waals surface area contributed by atoms with Crippen LogP contribution >= 0.6 is 23.2 Å². The average Bonchev–Trinajstić information content (AvgIpc) is 3.21. The monoisotopic (exact) mass is 429 g/mol. The molecule has 1 unspecified atom stereocenters. The predicted octanol–water partition coefficient (Wildman–Crippen LogP) is 5.34. The summed E-state index contributed by atoms with van der Waals surface area (Å²) in [5.74, 6) is 0.891. The van der Waals surface area contributed by atoms with Crippen molar-refractivity contribution in [1.82, 2.24) is 25.1 Å². The molecular formula is C22H25Cl2N5. The lowest BCUT2D eigenvalue weighted by Gasteiger charge is -2.42. The summed E-state index contributed by atoms with van der Waals surface area (Å²) in [4.78, 5) is 2.28. The molecular weight excluding hydrogens is 405 g/mol. The lowest BCUT2D eigenvalue weighted by atomic mass is 9.79. The van der Waals surface area contributed by atoms with Gasteiger partial charge in [-0.1, -0.05) is 72.8 Å². The maximum Gasteiger partial charge on any atom is 0.172 e.